The summed E-state index contributed by atoms with van der Waals surface area (Å²) >= 11 is 0. The first-order valence-electron chi connectivity index (χ1n) is 3.47. The van der Waals surface area contributed by atoms with Gasteiger partial charge in [-0.1, -0.05) is 6.92 Å². The average molecular weight is 157 g/mol. The van der Waals surface area contributed by atoms with Crippen LogP contribution in [0.1, 0.15) is 20.3 Å². The number of imide groups is 1. The van der Waals surface area contributed by atoms with Gasteiger partial charge in [0.2, 0.25) is 0 Å². The van der Waals surface area contributed by atoms with Crippen LogP contribution in [0.3, 0.4) is 0 Å². The Labute approximate surface area is 64.5 Å². The van der Waals surface area contributed by atoms with Crippen molar-refractivity contribution < 1.29 is 9.59 Å². The number of carbonyl (C=O) groups excluding carboxylic acids is 2. The molecule has 5 nitrogen and oxygen atoms in total. The molecule has 0 radical (unpaired) electrons. The van der Waals surface area contributed by atoms with E-state index in [-0.39, 0.29) is 0 Å². The monoisotopic (exact) mass is 157 g/mol. The summed E-state index contributed by atoms with van der Waals surface area (Å²) < 4.78 is 0. The number of carbonyl (C=O) groups is 2. The van der Waals surface area contributed by atoms with Gasteiger partial charge in [0.25, 0.3) is 0 Å². The number of hydrogen-bond acceptors (Lipinski definition) is 2. The number of hydrogen-bond donors (Lipinski definition) is 3. The second-order valence-corrected chi connectivity index (χ2v) is 2.72. The molecule has 62 valence electrons. The van der Waals surface area contributed by atoms with E-state index in [4.69, 9.17) is 0 Å². The lowest BCUT2D eigenvalue weighted by Crippen LogP contribution is -2.68. The normalized spacial score (nSPS) is 21.6. The van der Waals surface area contributed by atoms with Crippen LogP contribution in [0.25, 0.3) is 0 Å². The molecule has 0 saturated carbocycles. The van der Waals surface area contributed by atoms with E-state index in [0.717, 1.165) is 0 Å². The highest BCUT2D eigenvalue weighted by atomic mass is 16.2. The maximum absolute atomic E-state index is 10.8. The summed E-state index contributed by atoms with van der Waals surface area (Å²) in [6.45, 7) is 3.63. The summed E-state index contributed by atoms with van der Waals surface area (Å²) in [6.07, 6.45) is 0.659. The summed E-state index contributed by atoms with van der Waals surface area (Å²) in [5.74, 6) is 0. The highest BCUT2D eigenvalue weighted by Crippen LogP contribution is 2.06. The largest absolute Gasteiger partial charge is 0.324 e. The van der Waals surface area contributed by atoms with Gasteiger partial charge in [0.15, 0.2) is 0 Å². The number of amides is 4. The lowest BCUT2D eigenvalue weighted by molar-refractivity contribution is 0.186. The molecule has 0 bridgehead atoms. The third-order valence-electron chi connectivity index (χ3n) is 1.71. The Bertz CT molecular complexity index is 186. The van der Waals surface area contributed by atoms with Gasteiger partial charge in [-0.2, -0.15) is 0 Å². The minimum Gasteiger partial charge on any atom is -0.315 e. The zero-order valence-corrected chi connectivity index (χ0v) is 6.52. The van der Waals surface area contributed by atoms with Crippen LogP contribution in [-0.2, 0) is 0 Å². The van der Waals surface area contributed by atoms with Gasteiger partial charge in [0.1, 0.15) is 5.66 Å². The van der Waals surface area contributed by atoms with Crippen molar-refractivity contribution in [3.8, 4) is 0 Å². The van der Waals surface area contributed by atoms with Crippen molar-refractivity contribution in [2.24, 2.45) is 0 Å². The first-order valence-corrected chi connectivity index (χ1v) is 3.47. The van der Waals surface area contributed by atoms with Crippen molar-refractivity contribution in [3.63, 3.8) is 0 Å². The lowest BCUT2D eigenvalue weighted by atomic mass is 10.1. The van der Waals surface area contributed by atoms with Gasteiger partial charge in [0, 0.05) is 0 Å². The Hall–Kier alpha value is -1.26. The van der Waals surface area contributed by atoms with Crippen LogP contribution < -0.4 is 16.0 Å². The van der Waals surface area contributed by atoms with Crippen molar-refractivity contribution in [1.29, 1.82) is 0 Å². The maximum Gasteiger partial charge on any atom is 0.324 e. The summed E-state index contributed by atoms with van der Waals surface area (Å²) in [7, 11) is 0. The van der Waals surface area contributed by atoms with Gasteiger partial charge >= 0.3 is 12.1 Å². The fourth-order valence-electron chi connectivity index (χ4n) is 0.875. The van der Waals surface area contributed by atoms with E-state index in [2.05, 4.69) is 16.0 Å². The topological polar surface area (TPSA) is 70.2 Å². The quantitative estimate of drug-likeness (QED) is 0.506. The van der Waals surface area contributed by atoms with Crippen molar-refractivity contribution in [1.82, 2.24) is 16.0 Å². The fraction of sp³-hybridized carbons (Fsp3) is 0.667. The molecule has 0 aromatic rings. The molecule has 1 heterocycles. The van der Waals surface area contributed by atoms with Crippen LogP contribution in [0.15, 0.2) is 0 Å². The van der Waals surface area contributed by atoms with Gasteiger partial charge in [-0.25, -0.2) is 9.59 Å². The van der Waals surface area contributed by atoms with E-state index in [0.29, 0.717) is 6.42 Å². The van der Waals surface area contributed by atoms with Gasteiger partial charge in [-0.05, 0) is 13.3 Å². The van der Waals surface area contributed by atoms with Crippen LogP contribution in [-0.4, -0.2) is 17.7 Å². The molecule has 1 aliphatic rings. The highest BCUT2D eigenvalue weighted by molar-refractivity contribution is 5.96. The van der Waals surface area contributed by atoms with Gasteiger partial charge in [-0.3, -0.25) is 5.32 Å². The van der Waals surface area contributed by atoms with Crippen molar-refractivity contribution in [3.05, 3.63) is 0 Å². The Kier molecular flexibility index (Phi) is 1.72. The molecule has 1 aliphatic heterocycles. The molecule has 11 heavy (non-hydrogen) atoms. The molecular formula is C6H11N3O2. The van der Waals surface area contributed by atoms with Crippen LogP contribution in [0.2, 0.25) is 0 Å². The van der Waals surface area contributed by atoms with Crippen molar-refractivity contribution in [2.75, 3.05) is 0 Å². The predicted octanol–water partition coefficient (Wildman–Crippen LogP) is 0.135. The smallest absolute Gasteiger partial charge is 0.315 e. The van der Waals surface area contributed by atoms with Crippen LogP contribution in [0.4, 0.5) is 9.59 Å². The second kappa shape index (κ2) is 2.41. The van der Waals surface area contributed by atoms with Crippen LogP contribution in [0, 0.1) is 0 Å². The molecule has 4 amide bonds. The van der Waals surface area contributed by atoms with E-state index < -0.39 is 17.7 Å². The molecule has 0 spiro atoms. The van der Waals surface area contributed by atoms with E-state index in [1.165, 1.54) is 0 Å². The molecule has 0 aliphatic carbocycles. The third-order valence-corrected chi connectivity index (χ3v) is 1.71. The number of rotatable bonds is 1. The molecule has 1 rings (SSSR count). The van der Waals surface area contributed by atoms with E-state index >= 15 is 0 Å². The molecule has 0 aromatic carbocycles. The minimum absolute atomic E-state index is 0.446. The summed E-state index contributed by atoms with van der Waals surface area (Å²) in [5.41, 5.74) is -0.598. The Morgan fingerprint density at radius 2 is 1.73 bits per heavy atom. The maximum atomic E-state index is 10.8. The number of nitrogens with one attached hydrogen (secondary N) is 3. The van der Waals surface area contributed by atoms with E-state index in [1.54, 1.807) is 6.92 Å². The fourth-order valence-corrected chi connectivity index (χ4v) is 0.875. The van der Waals surface area contributed by atoms with Crippen LogP contribution >= 0.6 is 0 Å². The summed E-state index contributed by atoms with van der Waals surface area (Å²) in [6, 6.07) is -0.892. The molecule has 1 fully saturated rings. The summed E-state index contributed by atoms with van der Waals surface area (Å²) in [4.78, 5) is 21.5. The average Bonchev–Trinajstić information content (AvgIpc) is 1.84. The predicted molar refractivity (Wildman–Crippen MR) is 38.9 cm³/mol. The second-order valence-electron chi connectivity index (χ2n) is 2.72. The molecule has 0 atom stereocenters. The SMILES string of the molecule is CCC1(C)NC(=O)NC(=O)N1. The third kappa shape index (κ3) is 1.60. The highest BCUT2D eigenvalue weighted by Gasteiger charge is 2.31. The molecule has 3 N–H and O–H groups in total. The first kappa shape index (κ1) is 7.84. The summed E-state index contributed by atoms with van der Waals surface area (Å²) in [5, 5.41) is 7.25. The van der Waals surface area contributed by atoms with Crippen molar-refractivity contribution >= 4 is 12.1 Å². The standard InChI is InChI=1S/C6H11N3O2/c1-3-6(2)8-4(10)7-5(11)9-6/h3H2,1-2H3,(H3,7,8,9,10,11). The molecular weight excluding hydrogens is 146 g/mol. The lowest BCUT2D eigenvalue weighted by Gasteiger charge is -2.34. The Morgan fingerprint density at radius 1 is 1.27 bits per heavy atom. The van der Waals surface area contributed by atoms with Crippen LogP contribution in [0.5, 0.6) is 0 Å². The van der Waals surface area contributed by atoms with E-state index in [1.807, 2.05) is 6.92 Å². The Morgan fingerprint density at radius 3 is 2.09 bits per heavy atom. The molecule has 1 saturated heterocycles. The number of urea groups is 2. The zero-order chi connectivity index (χ0) is 8.48. The van der Waals surface area contributed by atoms with Gasteiger partial charge in [-0.15, -0.1) is 0 Å². The first-order chi connectivity index (χ1) is 5.06. The van der Waals surface area contributed by atoms with Gasteiger partial charge in [0.05, 0.1) is 0 Å². The molecule has 5 heteroatoms. The van der Waals surface area contributed by atoms with Crippen molar-refractivity contribution in [2.45, 2.75) is 25.9 Å². The van der Waals surface area contributed by atoms with Gasteiger partial charge < -0.3 is 10.6 Å². The Balaban J connectivity index is 2.70. The van der Waals surface area contributed by atoms with E-state index in [9.17, 15) is 9.59 Å². The zero-order valence-electron chi connectivity index (χ0n) is 6.52. The minimum atomic E-state index is -0.598. The molecule has 0 unspecified atom stereocenters. The molecule has 0 aromatic heterocycles.